The lowest BCUT2D eigenvalue weighted by Gasteiger charge is -2.25. The third-order valence-corrected chi connectivity index (χ3v) is 4.59. The molecule has 2 N–H and O–H groups in total. The molecule has 0 atom stereocenters. The van der Waals surface area contributed by atoms with Gasteiger partial charge in [0.1, 0.15) is 5.41 Å². The van der Waals surface area contributed by atoms with Gasteiger partial charge in [-0.3, -0.25) is 9.59 Å². The van der Waals surface area contributed by atoms with Crippen molar-refractivity contribution in [3.8, 4) is 0 Å². The van der Waals surface area contributed by atoms with Crippen molar-refractivity contribution in [3.05, 3.63) is 58.7 Å². The van der Waals surface area contributed by atoms with Gasteiger partial charge in [0.25, 0.3) is 0 Å². The Hall–Kier alpha value is -3.68. The van der Waals surface area contributed by atoms with Gasteiger partial charge in [0.05, 0.1) is 23.3 Å². The van der Waals surface area contributed by atoms with Crippen molar-refractivity contribution >= 4 is 35.1 Å². The second kappa shape index (κ2) is 8.14. The normalized spacial score (nSPS) is 10.9. The summed E-state index contributed by atoms with van der Waals surface area (Å²) in [5, 5.41) is 27.6. The Morgan fingerprint density at radius 2 is 1.07 bits per heavy atom. The highest BCUT2D eigenvalue weighted by atomic mass is 16.4. The average molecular weight is 396 g/mol. The summed E-state index contributed by atoms with van der Waals surface area (Å²) in [4.78, 5) is 48.2. The number of anilines is 2. The zero-order chi connectivity index (χ0) is 21.9. The third kappa shape index (κ3) is 4.43. The maximum atomic E-state index is 12.7. The molecule has 152 valence electrons. The van der Waals surface area contributed by atoms with Crippen LogP contribution in [0.25, 0.3) is 0 Å². The van der Waals surface area contributed by atoms with Crippen LogP contribution in [0.2, 0.25) is 0 Å². The van der Waals surface area contributed by atoms with E-state index in [9.17, 15) is 29.4 Å². The van der Waals surface area contributed by atoms with E-state index in [2.05, 4.69) is 10.6 Å². The molecule has 2 rings (SSSR count). The summed E-state index contributed by atoms with van der Waals surface area (Å²) < 4.78 is 0. The van der Waals surface area contributed by atoms with Crippen LogP contribution in [0.1, 0.15) is 45.7 Å². The number of carbonyl (C=O) groups is 4. The number of hydrogen-bond donors (Lipinski definition) is 2. The van der Waals surface area contributed by atoms with E-state index in [1.807, 2.05) is 0 Å². The molecule has 0 heterocycles. The van der Waals surface area contributed by atoms with Gasteiger partial charge < -0.3 is 30.4 Å². The Balaban J connectivity index is 2.30. The average Bonchev–Trinajstić information content (AvgIpc) is 2.60. The standard InChI is InChI=1S/C21H22N2O6/c1-11-7-5-9-13(15(11)17(24)25)22-19(28)21(3,4)20(29)23-14-10-6-8-12(2)16(14)18(26)27/h5-10H,1-4H3,(H,22,28)(H,23,29)(H,24,25)(H,26,27)/p-2. The van der Waals surface area contributed by atoms with Crippen molar-refractivity contribution in [2.45, 2.75) is 27.7 Å². The molecule has 8 heteroatoms. The number of rotatable bonds is 6. The summed E-state index contributed by atoms with van der Waals surface area (Å²) in [7, 11) is 0. The summed E-state index contributed by atoms with van der Waals surface area (Å²) in [5.74, 6) is -4.46. The van der Waals surface area contributed by atoms with Crippen molar-refractivity contribution < 1.29 is 29.4 Å². The molecular formula is C21H20N2O6-2. The van der Waals surface area contributed by atoms with Gasteiger partial charge >= 0.3 is 0 Å². The Kier molecular flexibility index (Phi) is 6.06. The number of aromatic carboxylic acids is 2. The van der Waals surface area contributed by atoms with E-state index in [4.69, 9.17) is 0 Å². The smallest absolute Gasteiger partial charge is 0.239 e. The van der Waals surface area contributed by atoms with Crippen LogP contribution < -0.4 is 20.8 Å². The zero-order valence-corrected chi connectivity index (χ0v) is 16.4. The van der Waals surface area contributed by atoms with Gasteiger partial charge in [-0.05, 0) is 51.0 Å². The summed E-state index contributed by atoms with van der Waals surface area (Å²) in [5.41, 5.74) is -1.24. The highest BCUT2D eigenvalue weighted by Gasteiger charge is 2.37. The van der Waals surface area contributed by atoms with Crippen LogP contribution in [0, 0.1) is 19.3 Å². The van der Waals surface area contributed by atoms with E-state index in [0.29, 0.717) is 11.1 Å². The van der Waals surface area contributed by atoms with Gasteiger partial charge in [-0.1, -0.05) is 24.3 Å². The van der Waals surface area contributed by atoms with Crippen LogP contribution in [-0.4, -0.2) is 23.8 Å². The molecule has 0 aliphatic heterocycles. The fraction of sp³-hybridized carbons (Fsp3) is 0.238. The van der Waals surface area contributed by atoms with Crippen LogP contribution in [0.5, 0.6) is 0 Å². The lowest BCUT2D eigenvalue weighted by atomic mass is 9.90. The summed E-state index contributed by atoms with van der Waals surface area (Å²) in [6.07, 6.45) is 0. The third-order valence-electron chi connectivity index (χ3n) is 4.59. The highest BCUT2D eigenvalue weighted by molar-refractivity contribution is 6.16. The van der Waals surface area contributed by atoms with Crippen LogP contribution in [0.15, 0.2) is 36.4 Å². The van der Waals surface area contributed by atoms with E-state index in [1.54, 1.807) is 38.1 Å². The summed E-state index contributed by atoms with van der Waals surface area (Å²) in [6, 6.07) is 9.00. The lowest BCUT2D eigenvalue weighted by Crippen LogP contribution is -2.42. The Morgan fingerprint density at radius 1 is 0.724 bits per heavy atom. The number of benzene rings is 2. The molecule has 0 aromatic heterocycles. The van der Waals surface area contributed by atoms with E-state index < -0.39 is 29.2 Å². The Labute approximate surface area is 167 Å². The van der Waals surface area contributed by atoms with Crippen molar-refractivity contribution in [2.24, 2.45) is 5.41 Å². The molecule has 0 aliphatic rings. The highest BCUT2D eigenvalue weighted by Crippen LogP contribution is 2.26. The first-order valence-corrected chi connectivity index (χ1v) is 8.71. The largest absolute Gasteiger partial charge is 0.545 e. The number of aryl methyl sites for hydroxylation is 2. The number of carboxylic acid groups (broad SMARTS) is 2. The first kappa shape index (κ1) is 21.6. The van der Waals surface area contributed by atoms with Gasteiger partial charge in [-0.25, -0.2) is 0 Å². The molecule has 0 saturated heterocycles. The number of hydrogen-bond acceptors (Lipinski definition) is 6. The monoisotopic (exact) mass is 396 g/mol. The van der Waals surface area contributed by atoms with Gasteiger partial charge in [0.2, 0.25) is 11.8 Å². The van der Waals surface area contributed by atoms with Crippen LogP contribution in [0.4, 0.5) is 11.4 Å². The topological polar surface area (TPSA) is 138 Å². The van der Waals surface area contributed by atoms with Crippen LogP contribution in [0.3, 0.4) is 0 Å². The molecule has 0 fully saturated rings. The Bertz CT molecular complexity index is 931. The molecule has 0 spiro atoms. The van der Waals surface area contributed by atoms with Gasteiger partial charge in [-0.15, -0.1) is 0 Å². The number of nitrogens with one attached hydrogen (secondary N) is 2. The molecule has 0 bridgehead atoms. The predicted octanol–water partition coefficient (Wildman–Crippen LogP) is 0.634. The van der Waals surface area contributed by atoms with E-state index in [0.717, 1.165) is 0 Å². The molecule has 0 radical (unpaired) electrons. The van der Waals surface area contributed by atoms with Crippen molar-refractivity contribution in [3.63, 3.8) is 0 Å². The second-order valence-electron chi connectivity index (χ2n) is 7.10. The van der Waals surface area contributed by atoms with Crippen molar-refractivity contribution in [1.82, 2.24) is 0 Å². The number of carbonyl (C=O) groups excluding carboxylic acids is 4. The fourth-order valence-electron chi connectivity index (χ4n) is 2.75. The molecule has 0 aliphatic carbocycles. The minimum Gasteiger partial charge on any atom is -0.545 e. The molecule has 2 amide bonds. The van der Waals surface area contributed by atoms with E-state index >= 15 is 0 Å². The molecule has 2 aromatic rings. The fourth-order valence-corrected chi connectivity index (χ4v) is 2.75. The second-order valence-corrected chi connectivity index (χ2v) is 7.10. The first-order chi connectivity index (χ1) is 13.5. The summed E-state index contributed by atoms with van der Waals surface area (Å²) >= 11 is 0. The minimum atomic E-state index is -1.65. The van der Waals surface area contributed by atoms with Gasteiger partial charge in [0.15, 0.2) is 0 Å². The molecule has 29 heavy (non-hydrogen) atoms. The molecule has 8 nitrogen and oxygen atoms in total. The van der Waals surface area contributed by atoms with Crippen LogP contribution in [-0.2, 0) is 9.59 Å². The maximum Gasteiger partial charge on any atom is 0.239 e. The van der Waals surface area contributed by atoms with E-state index in [-0.39, 0.29) is 22.5 Å². The number of carboxylic acids is 2. The molecule has 2 aromatic carbocycles. The predicted molar refractivity (Wildman–Crippen MR) is 102 cm³/mol. The van der Waals surface area contributed by atoms with E-state index in [1.165, 1.54) is 26.0 Å². The van der Waals surface area contributed by atoms with Gasteiger partial charge in [0, 0.05) is 11.1 Å². The number of amides is 2. The Morgan fingerprint density at radius 3 is 1.38 bits per heavy atom. The minimum absolute atomic E-state index is 0.00172. The maximum absolute atomic E-state index is 12.7. The molecule has 0 unspecified atom stereocenters. The quantitative estimate of drug-likeness (QED) is 0.687. The zero-order valence-electron chi connectivity index (χ0n) is 16.4. The first-order valence-electron chi connectivity index (χ1n) is 8.71. The van der Waals surface area contributed by atoms with Crippen molar-refractivity contribution in [1.29, 1.82) is 0 Å². The SMILES string of the molecule is Cc1cccc(NC(=O)C(C)(C)C(=O)Nc2cccc(C)c2C(=O)[O-])c1C(=O)[O-]. The molecular weight excluding hydrogens is 376 g/mol. The van der Waals surface area contributed by atoms with Crippen LogP contribution >= 0.6 is 0 Å². The molecule has 0 saturated carbocycles. The lowest BCUT2D eigenvalue weighted by molar-refractivity contribution is -0.256. The summed E-state index contributed by atoms with van der Waals surface area (Å²) in [6.45, 7) is 5.77. The van der Waals surface area contributed by atoms with Gasteiger partial charge in [-0.2, -0.15) is 0 Å². The van der Waals surface area contributed by atoms with Crippen molar-refractivity contribution in [2.75, 3.05) is 10.6 Å².